The smallest absolute Gasteiger partial charge is 0.160 e. The van der Waals surface area contributed by atoms with Gasteiger partial charge in [-0.2, -0.15) is 0 Å². The van der Waals surface area contributed by atoms with Gasteiger partial charge in [-0.25, -0.2) is 9.66 Å². The van der Waals surface area contributed by atoms with Gasteiger partial charge in [-0.05, 0) is 5.56 Å². The van der Waals surface area contributed by atoms with Crippen molar-refractivity contribution in [3.8, 4) is 11.4 Å². The van der Waals surface area contributed by atoms with Gasteiger partial charge in [-0.15, -0.1) is 0 Å². The lowest BCUT2D eigenvalue weighted by atomic mass is 10.1. The Kier molecular flexibility index (Phi) is 3.13. The fourth-order valence-electron chi connectivity index (χ4n) is 2.20. The molecule has 3 rings (SSSR count). The Morgan fingerprint density at radius 1 is 0.900 bits per heavy atom. The quantitative estimate of drug-likeness (QED) is 0.714. The first-order valence-electron chi connectivity index (χ1n) is 6.47. The molecule has 0 fully saturated rings. The van der Waals surface area contributed by atoms with Crippen molar-refractivity contribution in [1.82, 2.24) is 9.66 Å². The van der Waals surface area contributed by atoms with E-state index >= 15 is 0 Å². The molecular weight excluding hydrogens is 248 g/mol. The highest BCUT2D eigenvalue weighted by atomic mass is 15.4. The molecular formula is C16H16N4. The molecule has 2 aromatic carbocycles. The van der Waals surface area contributed by atoms with E-state index in [-0.39, 0.29) is 0 Å². The maximum absolute atomic E-state index is 6.06. The summed E-state index contributed by atoms with van der Waals surface area (Å²) < 4.78 is 1.45. The summed E-state index contributed by atoms with van der Waals surface area (Å²) in [4.78, 5) is 4.59. The summed E-state index contributed by atoms with van der Waals surface area (Å²) in [5.74, 6) is 7.21. The normalized spacial score (nSPS) is 10.6. The van der Waals surface area contributed by atoms with Gasteiger partial charge in [0, 0.05) is 12.0 Å². The van der Waals surface area contributed by atoms with Crippen LogP contribution in [0, 0.1) is 0 Å². The number of nitrogen functional groups attached to an aromatic ring is 2. The van der Waals surface area contributed by atoms with Gasteiger partial charge in [0.05, 0.1) is 5.69 Å². The van der Waals surface area contributed by atoms with Gasteiger partial charge in [0.2, 0.25) is 0 Å². The Bertz CT molecular complexity index is 702. The number of imidazole rings is 1. The van der Waals surface area contributed by atoms with Crippen molar-refractivity contribution in [3.05, 3.63) is 71.9 Å². The highest BCUT2D eigenvalue weighted by Gasteiger charge is 2.14. The molecule has 3 aromatic rings. The van der Waals surface area contributed by atoms with E-state index in [0.717, 1.165) is 16.8 Å². The lowest BCUT2D eigenvalue weighted by Crippen LogP contribution is -2.13. The molecule has 0 atom stereocenters. The van der Waals surface area contributed by atoms with Gasteiger partial charge in [-0.3, -0.25) is 0 Å². The second kappa shape index (κ2) is 5.09. The first-order valence-corrected chi connectivity index (χ1v) is 6.47. The Hall–Kier alpha value is -2.75. The lowest BCUT2D eigenvalue weighted by Gasteiger charge is -2.02. The van der Waals surface area contributed by atoms with Crippen LogP contribution in [0.5, 0.6) is 0 Å². The zero-order chi connectivity index (χ0) is 13.9. The number of hydrogen-bond donors (Lipinski definition) is 2. The van der Waals surface area contributed by atoms with Gasteiger partial charge in [0.15, 0.2) is 5.82 Å². The average Bonchev–Trinajstić information content (AvgIpc) is 2.78. The summed E-state index contributed by atoms with van der Waals surface area (Å²) in [6, 6.07) is 19.9. The van der Waals surface area contributed by atoms with Crippen LogP contribution in [0.4, 0.5) is 5.82 Å². The second-order valence-corrected chi connectivity index (χ2v) is 4.67. The Balaban J connectivity index is 1.98. The largest absolute Gasteiger partial charge is 0.382 e. The minimum Gasteiger partial charge on any atom is -0.382 e. The molecule has 100 valence electrons. The summed E-state index contributed by atoms with van der Waals surface area (Å²) in [5.41, 5.74) is 8.99. The number of anilines is 1. The molecule has 0 unspecified atom stereocenters. The van der Waals surface area contributed by atoms with Gasteiger partial charge < -0.3 is 11.6 Å². The third kappa shape index (κ3) is 2.23. The maximum atomic E-state index is 6.06. The van der Waals surface area contributed by atoms with Crippen molar-refractivity contribution in [2.75, 3.05) is 11.6 Å². The maximum Gasteiger partial charge on any atom is 0.160 e. The number of aromatic nitrogens is 2. The monoisotopic (exact) mass is 264 g/mol. The molecule has 0 radical (unpaired) electrons. The van der Waals surface area contributed by atoms with Crippen molar-refractivity contribution in [2.45, 2.75) is 6.42 Å². The zero-order valence-electron chi connectivity index (χ0n) is 11.0. The van der Waals surface area contributed by atoms with Crippen LogP contribution in [0.3, 0.4) is 0 Å². The van der Waals surface area contributed by atoms with Crippen LogP contribution < -0.4 is 11.6 Å². The van der Waals surface area contributed by atoms with E-state index in [1.807, 2.05) is 48.5 Å². The van der Waals surface area contributed by atoms with E-state index in [0.29, 0.717) is 18.1 Å². The van der Waals surface area contributed by atoms with Crippen molar-refractivity contribution >= 4 is 5.82 Å². The molecule has 20 heavy (non-hydrogen) atoms. The van der Waals surface area contributed by atoms with E-state index in [1.165, 1.54) is 4.68 Å². The van der Waals surface area contributed by atoms with E-state index in [9.17, 15) is 0 Å². The zero-order valence-corrected chi connectivity index (χ0v) is 11.0. The predicted molar refractivity (Wildman–Crippen MR) is 81.5 cm³/mol. The fraction of sp³-hybridized carbons (Fsp3) is 0.0625. The SMILES string of the molecule is Nc1c(Cc2ccccc2)nc(-c2ccccc2)n1N. The van der Waals surface area contributed by atoms with E-state index < -0.39 is 0 Å². The van der Waals surface area contributed by atoms with Crippen molar-refractivity contribution in [3.63, 3.8) is 0 Å². The topological polar surface area (TPSA) is 69.9 Å². The van der Waals surface area contributed by atoms with E-state index in [1.54, 1.807) is 0 Å². The number of rotatable bonds is 3. The van der Waals surface area contributed by atoms with Crippen LogP contribution in [-0.4, -0.2) is 9.66 Å². The Morgan fingerprint density at radius 3 is 2.15 bits per heavy atom. The van der Waals surface area contributed by atoms with Crippen LogP contribution in [-0.2, 0) is 6.42 Å². The summed E-state index contributed by atoms with van der Waals surface area (Å²) in [7, 11) is 0. The molecule has 0 aliphatic rings. The second-order valence-electron chi connectivity index (χ2n) is 4.67. The number of hydrogen-bond acceptors (Lipinski definition) is 3. The third-order valence-corrected chi connectivity index (χ3v) is 3.27. The van der Waals surface area contributed by atoms with Crippen LogP contribution in [0.1, 0.15) is 11.3 Å². The van der Waals surface area contributed by atoms with Crippen LogP contribution in [0.25, 0.3) is 11.4 Å². The fourth-order valence-corrected chi connectivity index (χ4v) is 2.20. The minimum atomic E-state index is 0.507. The molecule has 1 heterocycles. The highest BCUT2D eigenvalue weighted by Crippen LogP contribution is 2.23. The molecule has 0 aliphatic carbocycles. The standard InChI is InChI=1S/C16H16N4/c17-15-14(11-12-7-3-1-4-8-12)19-16(20(15)18)13-9-5-2-6-10-13/h1-10H,11,17-18H2. The van der Waals surface area contributed by atoms with Gasteiger partial charge in [0.1, 0.15) is 5.82 Å². The molecule has 0 saturated heterocycles. The molecule has 4 nitrogen and oxygen atoms in total. The molecule has 1 aromatic heterocycles. The highest BCUT2D eigenvalue weighted by molar-refractivity contribution is 5.60. The van der Waals surface area contributed by atoms with Crippen molar-refractivity contribution < 1.29 is 0 Å². The summed E-state index contributed by atoms with van der Waals surface area (Å²) in [6.07, 6.45) is 0.677. The number of nitrogens with zero attached hydrogens (tertiary/aromatic N) is 2. The summed E-state index contributed by atoms with van der Waals surface area (Å²) >= 11 is 0. The third-order valence-electron chi connectivity index (χ3n) is 3.27. The first kappa shape index (κ1) is 12.3. The number of benzene rings is 2. The Morgan fingerprint density at radius 2 is 1.50 bits per heavy atom. The molecule has 4 heteroatoms. The average molecular weight is 264 g/mol. The van der Waals surface area contributed by atoms with Gasteiger partial charge in [0.25, 0.3) is 0 Å². The Labute approximate surface area is 117 Å². The molecule has 0 bridgehead atoms. The predicted octanol–water partition coefficient (Wildman–Crippen LogP) is 2.44. The van der Waals surface area contributed by atoms with Crippen LogP contribution in [0.15, 0.2) is 60.7 Å². The van der Waals surface area contributed by atoms with Gasteiger partial charge in [-0.1, -0.05) is 60.7 Å². The van der Waals surface area contributed by atoms with Crippen molar-refractivity contribution in [1.29, 1.82) is 0 Å². The molecule has 0 aliphatic heterocycles. The van der Waals surface area contributed by atoms with Crippen molar-refractivity contribution in [2.24, 2.45) is 0 Å². The van der Waals surface area contributed by atoms with Crippen LogP contribution >= 0.6 is 0 Å². The summed E-state index contributed by atoms with van der Waals surface area (Å²) in [6.45, 7) is 0. The van der Waals surface area contributed by atoms with E-state index in [4.69, 9.17) is 11.6 Å². The van der Waals surface area contributed by atoms with E-state index in [2.05, 4.69) is 17.1 Å². The molecule has 0 spiro atoms. The molecule has 0 amide bonds. The minimum absolute atomic E-state index is 0.507. The first-order chi connectivity index (χ1) is 9.75. The van der Waals surface area contributed by atoms with Crippen LogP contribution in [0.2, 0.25) is 0 Å². The number of nitrogens with two attached hydrogens (primary N) is 2. The summed E-state index contributed by atoms with van der Waals surface area (Å²) in [5, 5.41) is 0. The van der Waals surface area contributed by atoms with Gasteiger partial charge >= 0.3 is 0 Å². The molecule has 0 saturated carbocycles. The molecule has 4 N–H and O–H groups in total. The lowest BCUT2D eigenvalue weighted by molar-refractivity contribution is 1.02.